The van der Waals surface area contributed by atoms with Crippen LogP contribution in [-0.4, -0.2) is 28.5 Å². The Bertz CT molecular complexity index is 878. The van der Waals surface area contributed by atoms with Crippen molar-refractivity contribution in [3.05, 3.63) is 33.9 Å². The number of amides is 1. The van der Waals surface area contributed by atoms with Crippen molar-refractivity contribution in [2.24, 2.45) is 0 Å². The molecule has 152 valence electrons. The molecule has 1 saturated heterocycles. The van der Waals surface area contributed by atoms with Gasteiger partial charge in [0.15, 0.2) is 5.13 Å². The van der Waals surface area contributed by atoms with E-state index in [0.717, 1.165) is 18.0 Å². The highest BCUT2D eigenvalue weighted by atomic mass is 35.5. The normalized spacial score (nSPS) is 17.8. The fourth-order valence-electron chi connectivity index (χ4n) is 2.95. The molecule has 2 aromatic heterocycles. The molecule has 1 N–H and O–H groups in total. The van der Waals surface area contributed by atoms with Crippen molar-refractivity contribution in [1.82, 2.24) is 9.97 Å². The molecule has 28 heavy (non-hydrogen) atoms. The van der Waals surface area contributed by atoms with Gasteiger partial charge in [0.2, 0.25) is 5.91 Å². The van der Waals surface area contributed by atoms with Gasteiger partial charge in [-0.05, 0) is 18.9 Å². The molecule has 10 heteroatoms. The second kappa shape index (κ2) is 7.51. The maximum absolute atomic E-state index is 12.8. The number of anilines is 2. The zero-order valence-corrected chi connectivity index (χ0v) is 17.2. The number of nitrogens with zero attached hydrogens (tertiary/aromatic N) is 3. The minimum absolute atomic E-state index is 0.126. The van der Waals surface area contributed by atoms with Crippen LogP contribution in [0.25, 0.3) is 0 Å². The number of pyridine rings is 1. The van der Waals surface area contributed by atoms with Crippen LogP contribution in [0.5, 0.6) is 0 Å². The Morgan fingerprint density at radius 3 is 2.64 bits per heavy atom. The SMILES string of the molecule is CC(C)(C)c1csc(NC(=O)C2CCCN2c2ncc(C(F)(F)F)cc2Cl)n1. The van der Waals surface area contributed by atoms with E-state index in [0.29, 0.717) is 24.5 Å². The first-order chi connectivity index (χ1) is 13.0. The summed E-state index contributed by atoms with van der Waals surface area (Å²) in [5.74, 6) is -0.0908. The van der Waals surface area contributed by atoms with Crippen LogP contribution in [0.2, 0.25) is 5.02 Å². The average Bonchev–Trinajstić information content (AvgIpc) is 3.22. The van der Waals surface area contributed by atoms with Gasteiger partial charge in [-0.2, -0.15) is 13.2 Å². The number of alkyl halides is 3. The molecule has 1 amide bonds. The van der Waals surface area contributed by atoms with E-state index in [2.05, 4.69) is 15.3 Å². The number of aromatic nitrogens is 2. The van der Waals surface area contributed by atoms with Crippen molar-refractivity contribution < 1.29 is 18.0 Å². The van der Waals surface area contributed by atoms with Gasteiger partial charge in [-0.25, -0.2) is 9.97 Å². The predicted octanol–water partition coefficient (Wildman–Crippen LogP) is 5.12. The van der Waals surface area contributed by atoms with E-state index in [4.69, 9.17) is 11.6 Å². The summed E-state index contributed by atoms with van der Waals surface area (Å²) in [5.41, 5.74) is -0.168. The molecule has 1 aliphatic rings. The van der Waals surface area contributed by atoms with E-state index in [9.17, 15) is 18.0 Å². The van der Waals surface area contributed by atoms with E-state index >= 15 is 0 Å². The molecule has 0 saturated carbocycles. The number of thiazole rings is 1. The maximum atomic E-state index is 12.8. The number of rotatable bonds is 3. The number of nitrogens with one attached hydrogen (secondary N) is 1. The second-order valence-corrected chi connectivity index (χ2v) is 8.92. The van der Waals surface area contributed by atoms with Gasteiger partial charge >= 0.3 is 6.18 Å². The topological polar surface area (TPSA) is 58.1 Å². The summed E-state index contributed by atoms with van der Waals surface area (Å²) in [6.07, 6.45) is -2.51. The fourth-order valence-corrected chi connectivity index (χ4v) is 4.17. The molecule has 5 nitrogen and oxygen atoms in total. The Balaban J connectivity index is 1.77. The standard InChI is InChI=1S/C18H20ClF3N4OS/c1-17(2,3)13-9-28-16(24-13)25-15(27)12-5-4-6-26(12)14-11(19)7-10(8-23-14)18(20,21)22/h7-9,12H,4-6H2,1-3H3,(H,24,25,27). The average molecular weight is 433 g/mol. The first-order valence-corrected chi connectivity index (χ1v) is 9.99. The van der Waals surface area contributed by atoms with Crippen molar-refractivity contribution in [1.29, 1.82) is 0 Å². The number of carbonyl (C=O) groups excluding carboxylic acids is 1. The van der Waals surface area contributed by atoms with Gasteiger partial charge in [0.25, 0.3) is 0 Å². The van der Waals surface area contributed by atoms with Gasteiger partial charge in [0.1, 0.15) is 11.9 Å². The van der Waals surface area contributed by atoms with Crippen molar-refractivity contribution in [3.8, 4) is 0 Å². The van der Waals surface area contributed by atoms with Crippen molar-refractivity contribution >= 4 is 39.8 Å². The first-order valence-electron chi connectivity index (χ1n) is 8.73. The molecule has 3 rings (SSSR count). The maximum Gasteiger partial charge on any atom is 0.417 e. The molecule has 0 aliphatic carbocycles. The zero-order valence-electron chi connectivity index (χ0n) is 15.6. The van der Waals surface area contributed by atoms with E-state index in [-0.39, 0.29) is 22.2 Å². The van der Waals surface area contributed by atoms with E-state index in [1.54, 1.807) is 4.90 Å². The first kappa shape index (κ1) is 20.9. The molecule has 0 bridgehead atoms. The number of hydrogen-bond acceptors (Lipinski definition) is 5. The Morgan fingerprint density at radius 1 is 1.36 bits per heavy atom. The number of carbonyl (C=O) groups is 1. The summed E-state index contributed by atoms with van der Waals surface area (Å²) < 4.78 is 38.5. The lowest BCUT2D eigenvalue weighted by Crippen LogP contribution is -2.40. The predicted molar refractivity (Wildman–Crippen MR) is 104 cm³/mol. The van der Waals surface area contributed by atoms with E-state index < -0.39 is 17.8 Å². The minimum atomic E-state index is -4.52. The highest BCUT2D eigenvalue weighted by molar-refractivity contribution is 7.14. The van der Waals surface area contributed by atoms with Crippen LogP contribution >= 0.6 is 22.9 Å². The van der Waals surface area contributed by atoms with Gasteiger partial charge in [0, 0.05) is 23.5 Å². The smallest absolute Gasteiger partial charge is 0.343 e. The third-order valence-corrected chi connectivity index (χ3v) is 5.52. The summed E-state index contributed by atoms with van der Waals surface area (Å²) in [6.45, 7) is 6.58. The number of halogens is 4. The van der Waals surface area contributed by atoms with Gasteiger partial charge in [-0.3, -0.25) is 4.79 Å². The molecular weight excluding hydrogens is 413 g/mol. The lowest BCUT2D eigenvalue weighted by Gasteiger charge is -2.25. The van der Waals surface area contributed by atoms with Crippen LogP contribution < -0.4 is 10.2 Å². The Labute approximate surface area is 169 Å². The monoisotopic (exact) mass is 432 g/mol. The molecule has 1 aliphatic heterocycles. The molecule has 3 heterocycles. The molecular formula is C18H20ClF3N4OS. The van der Waals surface area contributed by atoms with E-state index in [1.807, 2.05) is 26.2 Å². The lowest BCUT2D eigenvalue weighted by atomic mass is 9.93. The Hall–Kier alpha value is -1.87. The van der Waals surface area contributed by atoms with Crippen LogP contribution in [0, 0.1) is 0 Å². The highest BCUT2D eigenvalue weighted by Crippen LogP contribution is 2.36. The third-order valence-electron chi connectivity index (χ3n) is 4.48. The molecule has 2 aromatic rings. The zero-order chi connectivity index (χ0) is 20.7. The summed E-state index contributed by atoms with van der Waals surface area (Å²) in [6, 6.07) is 0.275. The Morgan fingerprint density at radius 2 is 2.07 bits per heavy atom. The van der Waals surface area contributed by atoms with Gasteiger partial charge in [-0.15, -0.1) is 11.3 Å². The number of hydrogen-bond donors (Lipinski definition) is 1. The summed E-state index contributed by atoms with van der Waals surface area (Å²) >= 11 is 7.39. The van der Waals surface area contributed by atoms with Crippen molar-refractivity contribution in [3.63, 3.8) is 0 Å². The van der Waals surface area contributed by atoms with Crippen LogP contribution in [-0.2, 0) is 16.4 Å². The molecule has 0 radical (unpaired) electrons. The Kier molecular flexibility index (Phi) is 5.60. The fraction of sp³-hybridized carbons (Fsp3) is 0.500. The summed E-state index contributed by atoms with van der Waals surface area (Å²) in [7, 11) is 0. The second-order valence-electron chi connectivity index (χ2n) is 7.66. The van der Waals surface area contributed by atoms with Crippen LogP contribution in [0.1, 0.15) is 44.9 Å². The van der Waals surface area contributed by atoms with Gasteiger partial charge in [0.05, 0.1) is 16.3 Å². The van der Waals surface area contributed by atoms with Gasteiger partial charge < -0.3 is 10.2 Å². The summed E-state index contributed by atoms with van der Waals surface area (Å²) in [5, 5.41) is 5.07. The highest BCUT2D eigenvalue weighted by Gasteiger charge is 2.36. The molecule has 1 unspecified atom stereocenters. The largest absolute Gasteiger partial charge is 0.417 e. The lowest BCUT2D eigenvalue weighted by molar-refractivity contribution is -0.137. The molecule has 0 aromatic carbocycles. The summed E-state index contributed by atoms with van der Waals surface area (Å²) in [4.78, 5) is 22.7. The van der Waals surface area contributed by atoms with E-state index in [1.165, 1.54) is 11.3 Å². The van der Waals surface area contributed by atoms with Crippen LogP contribution in [0.3, 0.4) is 0 Å². The minimum Gasteiger partial charge on any atom is -0.343 e. The van der Waals surface area contributed by atoms with Gasteiger partial charge in [-0.1, -0.05) is 32.4 Å². The van der Waals surface area contributed by atoms with Crippen LogP contribution in [0.4, 0.5) is 24.1 Å². The van der Waals surface area contributed by atoms with Crippen LogP contribution in [0.15, 0.2) is 17.6 Å². The van der Waals surface area contributed by atoms with Crippen molar-refractivity contribution in [2.45, 2.75) is 51.2 Å². The third kappa shape index (κ3) is 4.41. The molecule has 1 atom stereocenters. The van der Waals surface area contributed by atoms with Crippen molar-refractivity contribution in [2.75, 3.05) is 16.8 Å². The molecule has 1 fully saturated rings. The quantitative estimate of drug-likeness (QED) is 0.731. The molecule has 0 spiro atoms.